The van der Waals surface area contributed by atoms with Crippen LogP contribution in [0.3, 0.4) is 0 Å². The van der Waals surface area contributed by atoms with Gasteiger partial charge in [0.15, 0.2) is 11.5 Å². The van der Waals surface area contributed by atoms with Gasteiger partial charge in [-0.15, -0.1) is 0 Å². The zero-order valence-electron chi connectivity index (χ0n) is 20.0. The number of carbonyl (C=O) groups is 2. The number of furan rings is 1. The normalized spacial score (nSPS) is 12.3. The number of pyridine rings is 1. The van der Waals surface area contributed by atoms with Gasteiger partial charge in [0.1, 0.15) is 5.76 Å². The van der Waals surface area contributed by atoms with Crippen molar-refractivity contribution in [2.45, 2.75) is 25.8 Å². The molecule has 7 heteroatoms. The van der Waals surface area contributed by atoms with Crippen molar-refractivity contribution in [1.29, 1.82) is 0 Å². The largest absolute Gasteiger partial charge is 0.458 e. The van der Waals surface area contributed by atoms with Gasteiger partial charge >= 0.3 is 0 Å². The van der Waals surface area contributed by atoms with Gasteiger partial charge in [0.05, 0.1) is 11.6 Å². The number of rotatable bonds is 11. The van der Waals surface area contributed by atoms with Crippen molar-refractivity contribution in [3.8, 4) is 0 Å². The maximum absolute atomic E-state index is 13.7. The number of nitrogens with two attached hydrogens (primary N) is 1. The number of nitrogens with zero attached hydrogens (tertiary/aromatic N) is 1. The first-order valence-electron chi connectivity index (χ1n) is 11.9. The van der Waals surface area contributed by atoms with Crippen LogP contribution in [0.15, 0.2) is 77.4 Å². The van der Waals surface area contributed by atoms with Crippen LogP contribution in [0.4, 0.5) is 0 Å². The fourth-order valence-electron chi connectivity index (χ4n) is 4.00. The third-order valence-corrected chi connectivity index (χ3v) is 6.13. The van der Waals surface area contributed by atoms with Crippen LogP contribution in [0.5, 0.6) is 0 Å². The summed E-state index contributed by atoms with van der Waals surface area (Å²) in [5.74, 6) is 0.716. The van der Waals surface area contributed by atoms with Gasteiger partial charge in [-0.25, -0.2) is 0 Å². The lowest BCUT2D eigenvalue weighted by Crippen LogP contribution is -2.30. The van der Waals surface area contributed by atoms with Crippen molar-refractivity contribution in [3.63, 3.8) is 0 Å². The molecule has 0 aliphatic carbocycles. The van der Waals surface area contributed by atoms with Gasteiger partial charge in [-0.1, -0.05) is 48.0 Å². The molecule has 2 aromatic carbocycles. The average molecular weight is 502 g/mol. The summed E-state index contributed by atoms with van der Waals surface area (Å²) in [6.07, 6.45) is 6.60. The van der Waals surface area contributed by atoms with Crippen LogP contribution in [-0.4, -0.2) is 29.6 Å². The van der Waals surface area contributed by atoms with Crippen molar-refractivity contribution in [3.05, 3.63) is 106 Å². The fourth-order valence-corrected chi connectivity index (χ4v) is 4.17. The highest BCUT2D eigenvalue weighted by atomic mass is 35.5. The van der Waals surface area contributed by atoms with E-state index in [4.69, 9.17) is 21.8 Å². The Morgan fingerprint density at radius 3 is 2.61 bits per heavy atom. The Kier molecular flexibility index (Phi) is 8.44. The van der Waals surface area contributed by atoms with Crippen LogP contribution < -0.4 is 11.1 Å². The van der Waals surface area contributed by atoms with Gasteiger partial charge in [-0.05, 0) is 80.4 Å². The molecule has 1 unspecified atom stereocenters. The number of hydrogen-bond acceptors (Lipinski definition) is 6. The van der Waals surface area contributed by atoms with Gasteiger partial charge in [0.25, 0.3) is 0 Å². The van der Waals surface area contributed by atoms with Crippen molar-refractivity contribution < 1.29 is 14.0 Å². The molecule has 0 fully saturated rings. The van der Waals surface area contributed by atoms with E-state index < -0.39 is 6.04 Å². The number of Topliss-reactive ketones (excluding diaryl/α,β-unsaturated/α-hetero) is 1. The first kappa shape index (κ1) is 25.5. The van der Waals surface area contributed by atoms with E-state index in [2.05, 4.69) is 10.3 Å². The number of aryl methyl sites for hydroxylation is 1. The van der Waals surface area contributed by atoms with E-state index in [9.17, 15) is 9.59 Å². The van der Waals surface area contributed by atoms with Crippen molar-refractivity contribution in [1.82, 2.24) is 10.3 Å². The summed E-state index contributed by atoms with van der Waals surface area (Å²) < 4.78 is 5.37. The Bertz CT molecular complexity index is 1390. The number of hydrogen-bond donors (Lipinski definition) is 2. The van der Waals surface area contributed by atoms with Gasteiger partial charge < -0.3 is 15.5 Å². The maximum atomic E-state index is 13.7. The number of benzene rings is 2. The molecule has 184 valence electrons. The SMILES string of the molecule is Cc1ccc(C(=O)/C=C/c2ccc(C(=O)C(NCCCCN)c3ccnc4cc(Cl)ccc34)cc2)o1. The summed E-state index contributed by atoms with van der Waals surface area (Å²) in [5, 5.41) is 4.88. The summed E-state index contributed by atoms with van der Waals surface area (Å²) in [7, 11) is 0. The second-order valence-electron chi connectivity index (χ2n) is 8.54. The van der Waals surface area contributed by atoms with Crippen LogP contribution in [0.2, 0.25) is 5.02 Å². The Hall–Kier alpha value is -3.58. The Morgan fingerprint density at radius 1 is 1.08 bits per heavy atom. The van der Waals surface area contributed by atoms with Crippen LogP contribution in [0.1, 0.15) is 56.7 Å². The van der Waals surface area contributed by atoms with E-state index in [1.54, 1.807) is 55.6 Å². The minimum Gasteiger partial charge on any atom is -0.458 e. The summed E-state index contributed by atoms with van der Waals surface area (Å²) in [6, 6.07) is 17.4. The molecule has 1 atom stereocenters. The summed E-state index contributed by atoms with van der Waals surface area (Å²) in [6.45, 7) is 3.05. The summed E-state index contributed by atoms with van der Waals surface area (Å²) in [4.78, 5) is 30.3. The lowest BCUT2D eigenvalue weighted by atomic mass is 9.94. The zero-order valence-corrected chi connectivity index (χ0v) is 20.8. The Labute approximate surface area is 215 Å². The lowest BCUT2D eigenvalue weighted by molar-refractivity contribution is 0.0942. The average Bonchev–Trinajstić information content (AvgIpc) is 3.33. The van der Waals surface area contributed by atoms with E-state index >= 15 is 0 Å². The molecular formula is C29H28ClN3O3. The molecule has 0 amide bonds. The minimum atomic E-state index is -0.556. The van der Waals surface area contributed by atoms with E-state index in [0.29, 0.717) is 35.2 Å². The number of carbonyl (C=O) groups excluding carboxylic acids is 2. The maximum Gasteiger partial charge on any atom is 0.221 e. The minimum absolute atomic E-state index is 0.0529. The Morgan fingerprint density at radius 2 is 1.89 bits per heavy atom. The molecule has 2 heterocycles. The number of ketones is 2. The second kappa shape index (κ2) is 11.9. The smallest absolute Gasteiger partial charge is 0.221 e. The third kappa shape index (κ3) is 6.15. The zero-order chi connectivity index (χ0) is 25.5. The van der Waals surface area contributed by atoms with Gasteiger partial charge in [-0.3, -0.25) is 14.6 Å². The quantitative estimate of drug-likeness (QED) is 0.150. The summed E-state index contributed by atoms with van der Waals surface area (Å²) >= 11 is 6.16. The molecule has 0 bridgehead atoms. The molecule has 6 nitrogen and oxygen atoms in total. The molecule has 36 heavy (non-hydrogen) atoms. The van der Waals surface area contributed by atoms with Crippen LogP contribution in [0, 0.1) is 6.92 Å². The lowest BCUT2D eigenvalue weighted by Gasteiger charge is -2.20. The summed E-state index contributed by atoms with van der Waals surface area (Å²) in [5.41, 5.74) is 8.59. The van der Waals surface area contributed by atoms with E-state index in [1.165, 1.54) is 6.08 Å². The van der Waals surface area contributed by atoms with Gasteiger partial charge in [0.2, 0.25) is 5.78 Å². The molecule has 0 saturated heterocycles. The molecular weight excluding hydrogens is 474 g/mol. The Balaban J connectivity index is 1.57. The number of allylic oxidation sites excluding steroid dienone is 1. The van der Waals surface area contributed by atoms with Gasteiger partial charge in [-0.2, -0.15) is 0 Å². The molecule has 3 N–H and O–H groups in total. The molecule has 2 aromatic heterocycles. The molecule has 0 saturated carbocycles. The number of nitrogens with one attached hydrogen (secondary N) is 1. The molecule has 0 spiro atoms. The van der Waals surface area contributed by atoms with E-state index in [-0.39, 0.29) is 11.6 Å². The van der Waals surface area contributed by atoms with Crippen LogP contribution >= 0.6 is 11.6 Å². The predicted molar refractivity (Wildman–Crippen MR) is 143 cm³/mol. The molecule has 0 radical (unpaired) electrons. The number of fused-ring (bicyclic) bond motifs is 1. The highest BCUT2D eigenvalue weighted by molar-refractivity contribution is 6.31. The highest BCUT2D eigenvalue weighted by Gasteiger charge is 2.23. The third-order valence-electron chi connectivity index (χ3n) is 5.90. The van der Waals surface area contributed by atoms with E-state index in [0.717, 1.165) is 34.9 Å². The van der Waals surface area contributed by atoms with Crippen molar-refractivity contribution in [2.75, 3.05) is 13.1 Å². The standard InChI is InChI=1S/C29H28ClN3O3/c1-19-4-13-27(36-19)26(34)12-7-20-5-8-21(9-6-20)29(35)28(33-16-3-2-15-31)24-14-17-32-25-18-22(30)10-11-23(24)25/h4-14,17-18,28,33H,2-3,15-16,31H2,1H3/b12-7+. The van der Waals surface area contributed by atoms with Crippen molar-refractivity contribution >= 4 is 40.1 Å². The monoisotopic (exact) mass is 501 g/mol. The first-order chi connectivity index (χ1) is 17.5. The topological polar surface area (TPSA) is 98.2 Å². The highest BCUT2D eigenvalue weighted by Crippen LogP contribution is 2.28. The predicted octanol–water partition coefficient (Wildman–Crippen LogP) is 5.94. The van der Waals surface area contributed by atoms with E-state index in [1.807, 2.05) is 24.3 Å². The number of unbranched alkanes of at least 4 members (excludes halogenated alkanes) is 1. The van der Waals surface area contributed by atoms with Crippen LogP contribution in [0.25, 0.3) is 17.0 Å². The van der Waals surface area contributed by atoms with Crippen molar-refractivity contribution in [2.24, 2.45) is 5.73 Å². The number of aromatic nitrogens is 1. The molecule has 4 aromatic rings. The fraction of sp³-hybridized carbons (Fsp3) is 0.207. The van der Waals surface area contributed by atoms with Crippen LogP contribution in [-0.2, 0) is 0 Å². The molecule has 0 aliphatic rings. The second-order valence-corrected chi connectivity index (χ2v) is 8.98. The number of halogens is 1. The molecule has 0 aliphatic heterocycles. The van der Waals surface area contributed by atoms with Gasteiger partial charge in [0, 0.05) is 22.2 Å². The molecule has 4 rings (SSSR count). The first-order valence-corrected chi connectivity index (χ1v) is 12.2.